The largest absolute Gasteiger partial charge is 0.385 e. The third kappa shape index (κ3) is 5.85. The van der Waals surface area contributed by atoms with Crippen LogP contribution in [0.3, 0.4) is 0 Å². The number of halogens is 1. The Balaban J connectivity index is 1.54. The van der Waals surface area contributed by atoms with Gasteiger partial charge in [-0.1, -0.05) is 23.7 Å². The molecule has 1 N–H and O–H groups in total. The van der Waals surface area contributed by atoms with E-state index >= 15 is 0 Å². The monoisotopic (exact) mass is 407 g/mol. The van der Waals surface area contributed by atoms with E-state index in [9.17, 15) is 0 Å². The number of likely N-dealkylation sites (tertiary alicyclic amines) is 1. The maximum absolute atomic E-state index is 6.20. The Morgan fingerprint density at radius 1 is 1.29 bits per heavy atom. The zero-order valence-corrected chi connectivity index (χ0v) is 18.0. The van der Waals surface area contributed by atoms with Gasteiger partial charge in [-0.3, -0.25) is 4.99 Å². The van der Waals surface area contributed by atoms with Crippen LogP contribution in [0.1, 0.15) is 44.6 Å². The molecule has 1 saturated heterocycles. The first-order chi connectivity index (χ1) is 13.7. The molecule has 0 spiro atoms. The molecule has 0 radical (unpaired) electrons. The van der Waals surface area contributed by atoms with Crippen LogP contribution >= 0.6 is 11.6 Å². The highest BCUT2D eigenvalue weighted by Gasteiger charge is 2.44. The second kappa shape index (κ2) is 10.5. The van der Waals surface area contributed by atoms with E-state index in [1.54, 1.807) is 7.11 Å². The van der Waals surface area contributed by atoms with Gasteiger partial charge < -0.3 is 19.7 Å². The van der Waals surface area contributed by atoms with E-state index in [-0.39, 0.29) is 5.41 Å². The molecule has 1 aromatic rings. The smallest absolute Gasteiger partial charge is 0.193 e. The van der Waals surface area contributed by atoms with Gasteiger partial charge in [0.1, 0.15) is 0 Å². The minimum absolute atomic E-state index is 0.175. The molecule has 0 unspecified atom stereocenters. The zero-order valence-electron chi connectivity index (χ0n) is 17.3. The number of guanidine groups is 1. The number of nitrogens with zero attached hydrogens (tertiary/aromatic N) is 2. The van der Waals surface area contributed by atoms with Gasteiger partial charge >= 0.3 is 0 Å². The van der Waals surface area contributed by atoms with Crippen molar-refractivity contribution in [1.82, 2.24) is 10.2 Å². The van der Waals surface area contributed by atoms with Gasteiger partial charge in [0.05, 0.1) is 12.6 Å². The summed E-state index contributed by atoms with van der Waals surface area (Å²) in [4.78, 5) is 7.40. The molecule has 2 fully saturated rings. The fourth-order valence-electron chi connectivity index (χ4n) is 3.85. The Bertz CT molecular complexity index is 640. The number of rotatable bonds is 9. The summed E-state index contributed by atoms with van der Waals surface area (Å²) in [6.45, 7) is 7.37. The van der Waals surface area contributed by atoms with Crippen molar-refractivity contribution in [2.24, 2.45) is 4.99 Å². The standard InChI is InChI=1S/C22H34ClN3O2/c1-3-24-21(26-12-8-20(9-13-26)28-15-5-14-27-2)25-17-22(10-11-22)18-6-4-7-19(23)16-18/h4,6-7,16,20H,3,5,8-15,17H2,1-2H3,(H,24,25). The van der Waals surface area contributed by atoms with E-state index in [4.69, 9.17) is 26.1 Å². The predicted octanol–water partition coefficient (Wildman–Crippen LogP) is 3.85. The molecule has 0 atom stereocenters. The average molecular weight is 408 g/mol. The van der Waals surface area contributed by atoms with E-state index in [0.717, 1.165) is 69.6 Å². The van der Waals surface area contributed by atoms with Gasteiger partial charge in [0.2, 0.25) is 0 Å². The summed E-state index contributed by atoms with van der Waals surface area (Å²) in [6, 6.07) is 8.27. The van der Waals surface area contributed by atoms with Crippen molar-refractivity contribution in [3.05, 3.63) is 34.9 Å². The number of ether oxygens (including phenoxy) is 2. The third-order valence-electron chi connectivity index (χ3n) is 5.74. The number of methoxy groups -OCH3 is 1. The SMILES string of the molecule is CCNC(=NCC1(c2cccc(Cl)c2)CC1)N1CCC(OCCCOC)CC1. The molecule has 0 bridgehead atoms. The minimum Gasteiger partial charge on any atom is -0.385 e. The van der Waals surface area contributed by atoms with Crippen molar-refractivity contribution in [3.63, 3.8) is 0 Å². The van der Waals surface area contributed by atoms with E-state index in [0.29, 0.717) is 6.10 Å². The Morgan fingerprint density at radius 2 is 2.07 bits per heavy atom. The molecule has 0 amide bonds. The molecule has 1 saturated carbocycles. The van der Waals surface area contributed by atoms with E-state index in [1.165, 1.54) is 18.4 Å². The fraction of sp³-hybridized carbons (Fsp3) is 0.682. The van der Waals surface area contributed by atoms with Crippen LogP contribution in [0.15, 0.2) is 29.3 Å². The number of aliphatic imine (C=N–C) groups is 1. The molecule has 3 rings (SSSR count). The van der Waals surface area contributed by atoms with Gasteiger partial charge in [-0.15, -0.1) is 0 Å². The molecule has 1 aliphatic heterocycles. The highest BCUT2D eigenvalue weighted by molar-refractivity contribution is 6.30. The van der Waals surface area contributed by atoms with Gasteiger partial charge in [0.25, 0.3) is 0 Å². The summed E-state index contributed by atoms with van der Waals surface area (Å²) in [7, 11) is 1.73. The number of piperidine rings is 1. The lowest BCUT2D eigenvalue weighted by Crippen LogP contribution is -2.47. The number of hydrogen-bond acceptors (Lipinski definition) is 3. The lowest BCUT2D eigenvalue weighted by atomic mass is 9.96. The molecular formula is C22H34ClN3O2. The van der Waals surface area contributed by atoms with Gasteiger partial charge in [-0.25, -0.2) is 0 Å². The Hall–Kier alpha value is -1.30. The van der Waals surface area contributed by atoms with Gasteiger partial charge in [0.15, 0.2) is 5.96 Å². The summed E-state index contributed by atoms with van der Waals surface area (Å²) in [6.07, 6.45) is 5.80. The molecule has 6 heteroatoms. The average Bonchev–Trinajstić information content (AvgIpc) is 3.50. The second-order valence-electron chi connectivity index (χ2n) is 7.86. The molecule has 1 aromatic carbocycles. The zero-order chi connectivity index (χ0) is 19.8. The van der Waals surface area contributed by atoms with Crippen molar-refractivity contribution in [2.75, 3.05) is 46.5 Å². The molecule has 1 aliphatic carbocycles. The highest BCUT2D eigenvalue weighted by atomic mass is 35.5. The quantitative estimate of drug-likeness (QED) is 0.383. The van der Waals surface area contributed by atoms with Crippen LogP contribution in [0.5, 0.6) is 0 Å². The summed E-state index contributed by atoms with van der Waals surface area (Å²) < 4.78 is 11.1. The van der Waals surface area contributed by atoms with Crippen LogP contribution < -0.4 is 5.32 Å². The van der Waals surface area contributed by atoms with Crippen molar-refractivity contribution < 1.29 is 9.47 Å². The maximum atomic E-state index is 6.20. The predicted molar refractivity (Wildman–Crippen MR) is 115 cm³/mol. The first-order valence-electron chi connectivity index (χ1n) is 10.6. The van der Waals surface area contributed by atoms with Crippen molar-refractivity contribution in [1.29, 1.82) is 0 Å². The van der Waals surface area contributed by atoms with Crippen LogP contribution in [0.4, 0.5) is 0 Å². The Labute approximate surface area is 174 Å². The number of hydrogen-bond donors (Lipinski definition) is 1. The molecule has 2 aliphatic rings. The number of nitrogens with one attached hydrogen (secondary N) is 1. The molecule has 1 heterocycles. The molecule has 0 aromatic heterocycles. The fourth-order valence-corrected chi connectivity index (χ4v) is 4.04. The van der Waals surface area contributed by atoms with Crippen LogP contribution in [-0.2, 0) is 14.9 Å². The van der Waals surface area contributed by atoms with Crippen LogP contribution in [-0.4, -0.2) is 63.5 Å². The van der Waals surface area contributed by atoms with Crippen LogP contribution in [0.2, 0.25) is 5.02 Å². The van der Waals surface area contributed by atoms with Gasteiger partial charge in [0, 0.05) is 50.4 Å². The van der Waals surface area contributed by atoms with E-state index in [2.05, 4.69) is 29.3 Å². The summed E-state index contributed by atoms with van der Waals surface area (Å²) in [5, 5.41) is 4.30. The molecule has 28 heavy (non-hydrogen) atoms. The molecule has 5 nitrogen and oxygen atoms in total. The maximum Gasteiger partial charge on any atom is 0.193 e. The Morgan fingerprint density at radius 3 is 2.71 bits per heavy atom. The second-order valence-corrected chi connectivity index (χ2v) is 8.30. The van der Waals surface area contributed by atoms with E-state index in [1.807, 2.05) is 12.1 Å². The number of benzene rings is 1. The van der Waals surface area contributed by atoms with Crippen molar-refractivity contribution in [3.8, 4) is 0 Å². The Kier molecular flexibility index (Phi) is 8.00. The van der Waals surface area contributed by atoms with Gasteiger partial charge in [-0.05, 0) is 56.7 Å². The topological polar surface area (TPSA) is 46.1 Å². The van der Waals surface area contributed by atoms with E-state index < -0.39 is 0 Å². The van der Waals surface area contributed by atoms with Crippen molar-refractivity contribution in [2.45, 2.75) is 50.5 Å². The third-order valence-corrected chi connectivity index (χ3v) is 5.98. The van der Waals surface area contributed by atoms with Gasteiger partial charge in [-0.2, -0.15) is 0 Å². The summed E-state index contributed by atoms with van der Waals surface area (Å²) in [5.74, 6) is 1.04. The molecule has 156 valence electrons. The first-order valence-corrected chi connectivity index (χ1v) is 10.9. The first kappa shape index (κ1) is 21.4. The summed E-state index contributed by atoms with van der Waals surface area (Å²) in [5.41, 5.74) is 1.50. The van der Waals surface area contributed by atoms with Crippen LogP contribution in [0, 0.1) is 0 Å². The lowest BCUT2D eigenvalue weighted by Gasteiger charge is -2.34. The van der Waals surface area contributed by atoms with Crippen molar-refractivity contribution >= 4 is 17.6 Å². The van der Waals surface area contributed by atoms with Crippen LogP contribution in [0.25, 0.3) is 0 Å². The minimum atomic E-state index is 0.175. The molecular weight excluding hydrogens is 374 g/mol. The highest BCUT2D eigenvalue weighted by Crippen LogP contribution is 2.48. The lowest BCUT2D eigenvalue weighted by molar-refractivity contribution is 0.00990. The normalized spacial score (nSPS) is 19.7. The summed E-state index contributed by atoms with van der Waals surface area (Å²) >= 11 is 6.20.